The molecular weight excluding hydrogens is 619 g/mol. The van der Waals surface area contributed by atoms with Crippen molar-refractivity contribution >= 4 is 50.2 Å². The molecule has 5 aromatic rings. The average Bonchev–Trinajstić information content (AvgIpc) is 3.47. The molecule has 0 aliphatic rings. The van der Waals surface area contributed by atoms with Crippen LogP contribution in [-0.4, -0.2) is 24.2 Å². The first-order valence-corrected chi connectivity index (χ1v) is 14.5. The maximum absolute atomic E-state index is 13.9. The Hall–Kier alpha value is -4.54. The molecule has 0 radical (unpaired) electrons. The molecule has 2 N–H and O–H groups in total. The zero-order valence-electron chi connectivity index (χ0n) is 22.7. The third kappa shape index (κ3) is 7.20. The zero-order chi connectivity index (χ0) is 29.5. The van der Waals surface area contributed by atoms with Gasteiger partial charge in [-0.1, -0.05) is 48.0 Å². The molecule has 1 aromatic heterocycles. The SMILES string of the molecule is COc1cc(/C=N\NC(=O)c2ccc(-c3csc(Nc4ccc(C)cc4)n3)cc2)c(Br)cc1OCc1ccccc1F. The Bertz CT molecular complexity index is 1720. The van der Waals surface area contributed by atoms with E-state index in [1.54, 1.807) is 42.5 Å². The fourth-order valence-electron chi connectivity index (χ4n) is 3.93. The van der Waals surface area contributed by atoms with Crippen LogP contribution in [0.25, 0.3) is 11.3 Å². The van der Waals surface area contributed by atoms with E-state index in [0.717, 1.165) is 22.1 Å². The highest BCUT2D eigenvalue weighted by Gasteiger charge is 2.12. The predicted molar refractivity (Wildman–Crippen MR) is 168 cm³/mol. The zero-order valence-corrected chi connectivity index (χ0v) is 25.1. The normalized spacial score (nSPS) is 11.0. The number of hydrogen-bond donors (Lipinski definition) is 2. The van der Waals surface area contributed by atoms with E-state index in [0.29, 0.717) is 32.7 Å². The Morgan fingerprint density at radius 1 is 1.05 bits per heavy atom. The van der Waals surface area contributed by atoms with Gasteiger partial charge in [0.2, 0.25) is 0 Å². The van der Waals surface area contributed by atoms with Crippen molar-refractivity contribution in [2.45, 2.75) is 13.5 Å². The molecule has 0 aliphatic heterocycles. The van der Waals surface area contributed by atoms with E-state index in [-0.39, 0.29) is 18.3 Å². The van der Waals surface area contributed by atoms with Gasteiger partial charge in [-0.2, -0.15) is 5.10 Å². The largest absolute Gasteiger partial charge is 0.493 e. The number of carbonyl (C=O) groups excluding carboxylic acids is 1. The van der Waals surface area contributed by atoms with Gasteiger partial charge >= 0.3 is 0 Å². The van der Waals surface area contributed by atoms with Gasteiger partial charge in [0.15, 0.2) is 16.6 Å². The number of anilines is 2. The minimum absolute atomic E-state index is 0.0473. The molecule has 0 aliphatic carbocycles. The van der Waals surface area contributed by atoms with E-state index in [2.05, 4.69) is 36.8 Å². The number of rotatable bonds is 10. The summed E-state index contributed by atoms with van der Waals surface area (Å²) in [6.45, 7) is 2.10. The number of benzene rings is 4. The van der Waals surface area contributed by atoms with Gasteiger partial charge in [0, 0.05) is 37.8 Å². The lowest BCUT2D eigenvalue weighted by atomic mass is 10.1. The molecule has 42 heavy (non-hydrogen) atoms. The van der Waals surface area contributed by atoms with E-state index in [1.807, 2.05) is 48.7 Å². The van der Waals surface area contributed by atoms with Gasteiger partial charge in [0.25, 0.3) is 5.91 Å². The van der Waals surface area contributed by atoms with E-state index in [9.17, 15) is 9.18 Å². The Morgan fingerprint density at radius 2 is 1.81 bits per heavy atom. The number of amides is 1. The molecule has 212 valence electrons. The van der Waals surface area contributed by atoms with Gasteiger partial charge in [-0.05, 0) is 65.3 Å². The maximum atomic E-state index is 13.9. The smallest absolute Gasteiger partial charge is 0.271 e. The van der Waals surface area contributed by atoms with Gasteiger partial charge in [-0.15, -0.1) is 11.3 Å². The molecule has 0 fully saturated rings. The maximum Gasteiger partial charge on any atom is 0.271 e. The highest BCUT2D eigenvalue weighted by Crippen LogP contribution is 2.34. The van der Waals surface area contributed by atoms with Crippen LogP contribution < -0.4 is 20.2 Å². The second-order valence-electron chi connectivity index (χ2n) is 9.21. The van der Waals surface area contributed by atoms with Crippen LogP contribution in [0.5, 0.6) is 11.5 Å². The van der Waals surface area contributed by atoms with Crippen molar-refractivity contribution in [2.24, 2.45) is 5.10 Å². The van der Waals surface area contributed by atoms with E-state index in [4.69, 9.17) is 9.47 Å². The minimum atomic E-state index is -0.356. The summed E-state index contributed by atoms with van der Waals surface area (Å²) in [5.41, 5.74) is 7.98. The summed E-state index contributed by atoms with van der Waals surface area (Å²) in [5.74, 6) is 0.183. The van der Waals surface area contributed by atoms with Crippen molar-refractivity contribution in [3.63, 3.8) is 0 Å². The standard InChI is InChI=1S/C32H26BrFN4O3S/c1-20-7-13-25(14-8-20)36-32-37-28(19-42-32)21-9-11-22(12-10-21)31(39)38-35-17-24-15-29(40-2)30(16-26(24)33)41-18-23-5-3-4-6-27(23)34/h3-17,19H,18H2,1-2H3,(H,36,37)(H,38,39)/b35-17-. The fourth-order valence-corrected chi connectivity index (χ4v) is 5.10. The molecule has 0 bridgehead atoms. The monoisotopic (exact) mass is 644 g/mol. The second-order valence-corrected chi connectivity index (χ2v) is 10.9. The lowest BCUT2D eigenvalue weighted by Gasteiger charge is -2.13. The Balaban J connectivity index is 1.19. The van der Waals surface area contributed by atoms with Crippen LogP contribution >= 0.6 is 27.3 Å². The molecule has 1 heterocycles. The summed E-state index contributed by atoms with van der Waals surface area (Å²) in [6, 6.07) is 25.1. The number of hydrogen-bond acceptors (Lipinski definition) is 7. The summed E-state index contributed by atoms with van der Waals surface area (Å²) in [4.78, 5) is 17.3. The van der Waals surface area contributed by atoms with Crippen LogP contribution in [0, 0.1) is 12.7 Å². The Morgan fingerprint density at radius 3 is 2.55 bits per heavy atom. The fraction of sp³-hybridized carbons (Fsp3) is 0.0938. The topological polar surface area (TPSA) is 84.8 Å². The number of hydrazone groups is 1. The lowest BCUT2D eigenvalue weighted by Crippen LogP contribution is -2.17. The molecule has 0 saturated heterocycles. The third-order valence-corrected chi connectivity index (χ3v) is 7.69. The van der Waals surface area contributed by atoms with Gasteiger partial charge in [0.05, 0.1) is 19.0 Å². The summed E-state index contributed by atoms with van der Waals surface area (Å²) in [5, 5.41) is 10.2. The molecule has 0 spiro atoms. The number of aromatic nitrogens is 1. The van der Waals surface area contributed by atoms with E-state index >= 15 is 0 Å². The number of carbonyl (C=O) groups is 1. The molecule has 0 unspecified atom stereocenters. The minimum Gasteiger partial charge on any atom is -0.493 e. The van der Waals surface area contributed by atoms with Crippen LogP contribution in [0.4, 0.5) is 15.2 Å². The van der Waals surface area contributed by atoms with Crippen molar-refractivity contribution in [3.05, 3.63) is 123 Å². The molecule has 1 amide bonds. The number of nitrogens with zero attached hydrogens (tertiary/aromatic N) is 2. The third-order valence-electron chi connectivity index (χ3n) is 6.24. The molecule has 7 nitrogen and oxygen atoms in total. The number of ether oxygens (including phenoxy) is 2. The van der Waals surface area contributed by atoms with Crippen molar-refractivity contribution in [1.82, 2.24) is 10.4 Å². The van der Waals surface area contributed by atoms with Gasteiger partial charge in [-0.25, -0.2) is 14.8 Å². The van der Waals surface area contributed by atoms with Gasteiger partial charge < -0.3 is 14.8 Å². The van der Waals surface area contributed by atoms with Crippen molar-refractivity contribution < 1.29 is 18.7 Å². The summed E-state index contributed by atoms with van der Waals surface area (Å²) >= 11 is 5.01. The number of aryl methyl sites for hydroxylation is 1. The summed E-state index contributed by atoms with van der Waals surface area (Å²) in [6.07, 6.45) is 1.50. The number of halogens is 2. The molecule has 4 aromatic carbocycles. The first-order chi connectivity index (χ1) is 20.4. The van der Waals surface area contributed by atoms with E-state index in [1.165, 1.54) is 36.3 Å². The van der Waals surface area contributed by atoms with E-state index < -0.39 is 0 Å². The molecule has 0 atom stereocenters. The first kappa shape index (κ1) is 29.0. The van der Waals surface area contributed by atoms with Crippen molar-refractivity contribution in [2.75, 3.05) is 12.4 Å². The van der Waals surface area contributed by atoms with Crippen LogP contribution in [-0.2, 0) is 6.61 Å². The van der Waals surface area contributed by atoms with Crippen LogP contribution in [0.3, 0.4) is 0 Å². The number of methoxy groups -OCH3 is 1. The lowest BCUT2D eigenvalue weighted by molar-refractivity contribution is 0.0955. The van der Waals surface area contributed by atoms with Crippen LogP contribution in [0.15, 0.2) is 99.9 Å². The summed E-state index contributed by atoms with van der Waals surface area (Å²) in [7, 11) is 1.51. The molecule has 5 rings (SSSR count). The summed E-state index contributed by atoms with van der Waals surface area (Å²) < 4.78 is 25.8. The van der Waals surface area contributed by atoms with Crippen LogP contribution in [0.1, 0.15) is 27.0 Å². The van der Waals surface area contributed by atoms with Crippen molar-refractivity contribution in [1.29, 1.82) is 0 Å². The predicted octanol–water partition coefficient (Wildman–Crippen LogP) is 8.12. The molecule has 0 saturated carbocycles. The highest BCUT2D eigenvalue weighted by molar-refractivity contribution is 9.10. The molecule has 10 heteroatoms. The highest BCUT2D eigenvalue weighted by atomic mass is 79.9. The molecular formula is C32H26BrFN4O3S. The van der Waals surface area contributed by atoms with Gasteiger partial charge in [0.1, 0.15) is 12.4 Å². The number of nitrogens with one attached hydrogen (secondary N) is 2. The van der Waals surface area contributed by atoms with Gasteiger partial charge in [-0.3, -0.25) is 4.79 Å². The second kappa shape index (κ2) is 13.4. The number of thiazole rings is 1. The Labute approximate surface area is 255 Å². The van der Waals surface area contributed by atoms with Crippen LogP contribution in [0.2, 0.25) is 0 Å². The quantitative estimate of drug-likeness (QED) is 0.118. The average molecular weight is 646 g/mol. The van der Waals surface area contributed by atoms with Crippen molar-refractivity contribution in [3.8, 4) is 22.8 Å². The first-order valence-electron chi connectivity index (χ1n) is 12.9. The Kier molecular flexibility index (Phi) is 9.25.